The molecule has 0 saturated carbocycles. The number of nitrogens with two attached hydrogens (primary N) is 1. The Kier molecular flexibility index (Phi) is 11.9. The van der Waals surface area contributed by atoms with Crippen LogP contribution in [0.4, 0.5) is 0 Å². The van der Waals surface area contributed by atoms with Gasteiger partial charge in [-0.2, -0.15) is 0 Å². The minimum absolute atomic E-state index is 0.0113. The summed E-state index contributed by atoms with van der Waals surface area (Å²) in [7, 11) is 1.60. The van der Waals surface area contributed by atoms with E-state index in [1.807, 2.05) is 71.6 Å². The van der Waals surface area contributed by atoms with Crippen LogP contribution in [0, 0.1) is 5.92 Å². The maximum Gasteiger partial charge on any atom is 0.243 e. The molecular weight excluding hydrogens is 646 g/mol. The second kappa shape index (κ2) is 16.9. The lowest BCUT2D eigenvalue weighted by Gasteiger charge is -2.31. The fourth-order valence-electron chi connectivity index (χ4n) is 7.44. The van der Waals surface area contributed by atoms with Crippen molar-refractivity contribution >= 4 is 34.5 Å². The molecule has 4 amide bonds. The fourth-order valence-corrected chi connectivity index (χ4v) is 7.44. The molecule has 0 bridgehead atoms. The molecule has 2 fully saturated rings. The largest absolute Gasteiger partial charge is 0.497 e. The summed E-state index contributed by atoms with van der Waals surface area (Å²) in [4.78, 5) is 62.8. The lowest BCUT2D eigenvalue weighted by Crippen LogP contribution is -2.53. The van der Waals surface area contributed by atoms with Gasteiger partial charge in [0.25, 0.3) is 0 Å². The van der Waals surface area contributed by atoms with E-state index in [0.717, 1.165) is 55.9 Å². The molecule has 270 valence electrons. The first-order chi connectivity index (χ1) is 24.8. The molecule has 0 unspecified atom stereocenters. The monoisotopic (exact) mass is 695 g/mol. The zero-order valence-electron chi connectivity index (χ0n) is 29.4. The Morgan fingerprint density at radius 1 is 0.961 bits per heavy atom. The summed E-state index contributed by atoms with van der Waals surface area (Å²) in [6.07, 6.45) is 10.9. The first kappa shape index (κ1) is 35.9. The molecule has 3 aromatic rings. The second-order valence-corrected chi connectivity index (χ2v) is 13.9. The Bertz CT molecular complexity index is 1740. The SMILES string of the molecule is COc1ccc2c(O[C@@H]3C[C@H]4C(=O)N[C@@H](C(N)=O)CC=CCCCCC[C@H](CC(=O)N5CCCCC5)C(=O)N4C3)cc(-c3ccccc3)nc2c1. The highest BCUT2D eigenvalue weighted by atomic mass is 16.5. The van der Waals surface area contributed by atoms with E-state index in [0.29, 0.717) is 42.2 Å². The third-order valence-corrected chi connectivity index (χ3v) is 10.3. The number of benzene rings is 2. The zero-order valence-corrected chi connectivity index (χ0v) is 29.4. The number of hydrogen-bond donors (Lipinski definition) is 2. The molecule has 3 N–H and O–H groups in total. The van der Waals surface area contributed by atoms with Crippen LogP contribution in [0.5, 0.6) is 11.5 Å². The van der Waals surface area contributed by atoms with Gasteiger partial charge in [-0.3, -0.25) is 19.2 Å². The zero-order chi connectivity index (χ0) is 35.7. The van der Waals surface area contributed by atoms with Crippen LogP contribution in [-0.2, 0) is 19.2 Å². The maximum absolute atomic E-state index is 14.6. The minimum atomic E-state index is -0.917. The van der Waals surface area contributed by atoms with E-state index in [-0.39, 0.29) is 37.6 Å². The van der Waals surface area contributed by atoms with E-state index in [4.69, 9.17) is 20.2 Å². The molecule has 4 heterocycles. The number of primary amides is 1. The number of methoxy groups -OCH3 is 1. The van der Waals surface area contributed by atoms with Gasteiger partial charge >= 0.3 is 0 Å². The molecule has 4 atom stereocenters. The third kappa shape index (κ3) is 8.87. The number of pyridine rings is 1. The average molecular weight is 696 g/mol. The maximum atomic E-state index is 14.6. The predicted molar refractivity (Wildman–Crippen MR) is 195 cm³/mol. The van der Waals surface area contributed by atoms with Crippen molar-refractivity contribution < 1.29 is 28.7 Å². The summed E-state index contributed by atoms with van der Waals surface area (Å²) < 4.78 is 12.2. The lowest BCUT2D eigenvalue weighted by molar-refractivity contribution is -0.145. The number of allylic oxidation sites excluding steroid dienone is 1. The molecule has 0 aliphatic carbocycles. The van der Waals surface area contributed by atoms with Crippen molar-refractivity contribution in [1.29, 1.82) is 0 Å². The smallest absolute Gasteiger partial charge is 0.243 e. The van der Waals surface area contributed by atoms with Crippen LogP contribution in [0.15, 0.2) is 66.7 Å². The van der Waals surface area contributed by atoms with Crippen LogP contribution >= 0.6 is 0 Å². The lowest BCUT2D eigenvalue weighted by atomic mass is 9.94. The van der Waals surface area contributed by atoms with Crippen molar-refractivity contribution in [3.8, 4) is 22.8 Å². The Morgan fingerprint density at radius 2 is 1.75 bits per heavy atom. The van der Waals surface area contributed by atoms with Crippen molar-refractivity contribution in [2.45, 2.75) is 88.8 Å². The van der Waals surface area contributed by atoms with Crippen molar-refractivity contribution in [2.24, 2.45) is 11.7 Å². The van der Waals surface area contributed by atoms with Crippen LogP contribution in [0.25, 0.3) is 22.2 Å². The quantitative estimate of drug-likeness (QED) is 0.325. The summed E-state index contributed by atoms with van der Waals surface area (Å²) in [5, 5.41) is 3.59. The number of carbonyl (C=O) groups excluding carboxylic acids is 4. The number of hydrogen-bond acceptors (Lipinski definition) is 7. The highest BCUT2D eigenvalue weighted by Crippen LogP contribution is 2.35. The predicted octanol–water partition coefficient (Wildman–Crippen LogP) is 5.16. The van der Waals surface area contributed by atoms with Gasteiger partial charge in [0.05, 0.1) is 24.9 Å². The van der Waals surface area contributed by atoms with Crippen molar-refractivity contribution in [3.63, 3.8) is 0 Å². The van der Waals surface area contributed by atoms with Crippen molar-refractivity contribution in [3.05, 3.63) is 66.7 Å². The van der Waals surface area contributed by atoms with Crippen LogP contribution in [0.1, 0.15) is 70.6 Å². The van der Waals surface area contributed by atoms with Gasteiger partial charge in [-0.15, -0.1) is 0 Å². The van der Waals surface area contributed by atoms with Gasteiger partial charge in [-0.1, -0.05) is 55.3 Å². The number of amides is 4. The minimum Gasteiger partial charge on any atom is -0.497 e. The number of likely N-dealkylation sites (tertiary alicyclic amines) is 1. The van der Waals surface area contributed by atoms with Gasteiger partial charge in [0.1, 0.15) is 29.7 Å². The molecule has 11 heteroatoms. The Hall–Kier alpha value is -4.93. The number of ether oxygens (including phenoxy) is 2. The summed E-state index contributed by atoms with van der Waals surface area (Å²) in [5.74, 6) is -0.689. The highest BCUT2D eigenvalue weighted by Gasteiger charge is 2.44. The number of rotatable bonds is 7. The first-order valence-corrected chi connectivity index (χ1v) is 18.3. The van der Waals surface area contributed by atoms with Crippen LogP contribution in [0.2, 0.25) is 0 Å². The molecule has 3 aliphatic rings. The van der Waals surface area contributed by atoms with Crippen LogP contribution < -0.4 is 20.5 Å². The molecule has 3 aliphatic heterocycles. The van der Waals surface area contributed by atoms with Gasteiger partial charge in [-0.05, 0) is 57.1 Å². The molecule has 1 aromatic heterocycles. The number of aromatic nitrogens is 1. The number of fused-ring (bicyclic) bond motifs is 2. The van der Waals surface area contributed by atoms with E-state index >= 15 is 0 Å². The molecule has 51 heavy (non-hydrogen) atoms. The average Bonchev–Trinajstić information content (AvgIpc) is 3.58. The fraction of sp³-hybridized carbons (Fsp3) is 0.475. The second-order valence-electron chi connectivity index (χ2n) is 13.9. The molecule has 11 nitrogen and oxygen atoms in total. The summed E-state index contributed by atoms with van der Waals surface area (Å²) >= 11 is 0. The summed E-state index contributed by atoms with van der Waals surface area (Å²) in [6, 6.07) is 15.4. The topological polar surface area (TPSA) is 144 Å². The Labute approximate surface area is 299 Å². The van der Waals surface area contributed by atoms with Gasteiger partial charge in [0, 0.05) is 54.9 Å². The van der Waals surface area contributed by atoms with E-state index in [1.54, 1.807) is 12.0 Å². The van der Waals surface area contributed by atoms with E-state index in [9.17, 15) is 19.2 Å². The highest BCUT2D eigenvalue weighted by molar-refractivity contribution is 5.94. The van der Waals surface area contributed by atoms with Crippen molar-refractivity contribution in [1.82, 2.24) is 20.1 Å². The number of piperidine rings is 1. The number of nitrogens with one attached hydrogen (secondary N) is 1. The van der Waals surface area contributed by atoms with Gasteiger partial charge in [0.15, 0.2) is 0 Å². The molecule has 2 saturated heterocycles. The third-order valence-electron chi connectivity index (χ3n) is 10.3. The number of nitrogens with zero attached hydrogens (tertiary/aromatic N) is 3. The summed E-state index contributed by atoms with van der Waals surface area (Å²) in [5.41, 5.74) is 8.02. The molecule has 0 spiro atoms. The Balaban J connectivity index is 1.32. The van der Waals surface area contributed by atoms with Crippen LogP contribution in [-0.4, -0.2) is 83.3 Å². The first-order valence-electron chi connectivity index (χ1n) is 18.3. The standard InChI is InChI=1S/C40H49N5O6/c1-50-29-18-19-31-34(23-29)42-33(27-14-9-6-10-15-27)25-36(31)51-30-24-35-39(48)43-32(38(41)47)17-11-5-3-2-4-8-16-28(40(49)45(35)26-30)22-37(46)44-20-12-7-13-21-44/h5-6,9-11,14-15,18-19,23,25,28,30,32,35H,2-4,7-8,12-13,16-17,20-22,24,26H2,1H3,(H2,41,47)(H,43,48)/t28-,30-,32-,35+/m1/s1. The van der Waals surface area contributed by atoms with E-state index < -0.39 is 35.9 Å². The normalized spacial score (nSPS) is 23.5. The summed E-state index contributed by atoms with van der Waals surface area (Å²) in [6.45, 7) is 1.57. The van der Waals surface area contributed by atoms with E-state index in [2.05, 4.69) is 5.32 Å². The van der Waals surface area contributed by atoms with E-state index in [1.165, 1.54) is 0 Å². The molecule has 0 radical (unpaired) electrons. The molecule has 2 aromatic carbocycles. The van der Waals surface area contributed by atoms with Crippen LogP contribution in [0.3, 0.4) is 0 Å². The number of carbonyl (C=O) groups is 4. The van der Waals surface area contributed by atoms with Gasteiger partial charge in [-0.25, -0.2) is 4.98 Å². The van der Waals surface area contributed by atoms with Gasteiger partial charge < -0.3 is 30.3 Å². The van der Waals surface area contributed by atoms with Gasteiger partial charge in [0.2, 0.25) is 23.6 Å². The Morgan fingerprint density at radius 3 is 2.51 bits per heavy atom. The van der Waals surface area contributed by atoms with Crippen molar-refractivity contribution in [2.75, 3.05) is 26.7 Å². The molecule has 6 rings (SSSR count). The molecular formula is C40H49N5O6.